The fraction of sp³-hybridized carbons (Fsp3) is 0.438. The Kier molecular flexibility index (Phi) is 4.38. The normalized spacial score (nSPS) is 12.9. The van der Waals surface area contributed by atoms with E-state index in [4.69, 9.17) is 0 Å². The molecule has 3 nitrogen and oxygen atoms in total. The van der Waals surface area contributed by atoms with Crippen LogP contribution in [0.2, 0.25) is 0 Å². The molecule has 3 heteroatoms. The zero-order valence-corrected chi connectivity index (χ0v) is 11.9. The molecule has 1 aromatic heterocycles. The fourth-order valence-corrected chi connectivity index (χ4v) is 2.28. The van der Waals surface area contributed by atoms with Gasteiger partial charge in [0.05, 0.1) is 18.2 Å². The maximum atomic E-state index is 10.5. The van der Waals surface area contributed by atoms with Crippen LogP contribution in [0.5, 0.6) is 0 Å². The second kappa shape index (κ2) is 6.02. The molecular formula is C16H22N2O. The van der Waals surface area contributed by atoms with Crippen LogP contribution in [0.3, 0.4) is 0 Å². The van der Waals surface area contributed by atoms with Gasteiger partial charge < -0.3 is 9.67 Å². The number of rotatable bonds is 5. The Bertz CT molecular complexity index is 514. The van der Waals surface area contributed by atoms with Crippen LogP contribution in [0.1, 0.15) is 56.2 Å². The average Bonchev–Trinajstić information content (AvgIpc) is 2.88. The van der Waals surface area contributed by atoms with Crippen LogP contribution in [-0.2, 0) is 6.42 Å². The van der Waals surface area contributed by atoms with Crippen molar-refractivity contribution in [1.82, 2.24) is 9.55 Å². The SMILES string of the molecule is CCCc1ccc(C(O)c2cncn2C(C)C)cc1. The van der Waals surface area contributed by atoms with Crippen LogP contribution in [0.15, 0.2) is 36.8 Å². The van der Waals surface area contributed by atoms with E-state index < -0.39 is 6.10 Å². The minimum atomic E-state index is -0.611. The third-order valence-electron chi connectivity index (χ3n) is 3.37. The Morgan fingerprint density at radius 2 is 1.89 bits per heavy atom. The van der Waals surface area contributed by atoms with Gasteiger partial charge in [-0.1, -0.05) is 37.6 Å². The molecule has 19 heavy (non-hydrogen) atoms. The molecule has 1 N–H and O–H groups in total. The monoisotopic (exact) mass is 258 g/mol. The Hall–Kier alpha value is -1.61. The van der Waals surface area contributed by atoms with Gasteiger partial charge in [0, 0.05) is 6.04 Å². The molecule has 102 valence electrons. The maximum absolute atomic E-state index is 10.5. The van der Waals surface area contributed by atoms with E-state index in [9.17, 15) is 5.11 Å². The third kappa shape index (κ3) is 3.04. The first-order valence-corrected chi connectivity index (χ1v) is 6.92. The van der Waals surface area contributed by atoms with Crippen molar-refractivity contribution >= 4 is 0 Å². The molecule has 0 spiro atoms. The zero-order valence-electron chi connectivity index (χ0n) is 11.9. The van der Waals surface area contributed by atoms with Gasteiger partial charge in [-0.25, -0.2) is 4.98 Å². The molecule has 2 aromatic rings. The second-order valence-electron chi connectivity index (χ2n) is 5.21. The first-order chi connectivity index (χ1) is 9.13. The van der Waals surface area contributed by atoms with Gasteiger partial charge in [0.1, 0.15) is 6.10 Å². The van der Waals surface area contributed by atoms with Gasteiger partial charge in [0.2, 0.25) is 0 Å². The molecule has 0 saturated carbocycles. The molecular weight excluding hydrogens is 236 g/mol. The van der Waals surface area contributed by atoms with Crippen molar-refractivity contribution in [2.75, 3.05) is 0 Å². The van der Waals surface area contributed by atoms with Crippen molar-refractivity contribution in [3.05, 3.63) is 53.6 Å². The summed E-state index contributed by atoms with van der Waals surface area (Å²) >= 11 is 0. The summed E-state index contributed by atoms with van der Waals surface area (Å²) in [6.07, 6.45) is 5.13. The molecule has 1 atom stereocenters. The first kappa shape index (κ1) is 13.8. The molecule has 0 amide bonds. The van der Waals surface area contributed by atoms with Crippen LogP contribution < -0.4 is 0 Å². The predicted molar refractivity (Wildman–Crippen MR) is 77.1 cm³/mol. The number of aliphatic hydroxyl groups is 1. The lowest BCUT2D eigenvalue weighted by Crippen LogP contribution is -2.10. The number of hydrogen-bond donors (Lipinski definition) is 1. The summed E-state index contributed by atoms with van der Waals surface area (Å²) < 4.78 is 2.00. The van der Waals surface area contributed by atoms with Gasteiger partial charge in [-0.3, -0.25) is 0 Å². The molecule has 1 unspecified atom stereocenters. The number of aromatic nitrogens is 2. The van der Waals surface area contributed by atoms with Gasteiger partial charge in [-0.2, -0.15) is 0 Å². The van der Waals surface area contributed by atoms with Crippen molar-refractivity contribution in [2.45, 2.75) is 45.8 Å². The number of aliphatic hydroxyl groups excluding tert-OH is 1. The van der Waals surface area contributed by atoms with E-state index in [1.54, 1.807) is 12.5 Å². The highest BCUT2D eigenvalue weighted by atomic mass is 16.3. The lowest BCUT2D eigenvalue weighted by Gasteiger charge is -2.17. The fourth-order valence-electron chi connectivity index (χ4n) is 2.28. The van der Waals surface area contributed by atoms with Gasteiger partial charge in [-0.15, -0.1) is 0 Å². The van der Waals surface area contributed by atoms with E-state index in [0.29, 0.717) is 6.04 Å². The van der Waals surface area contributed by atoms with Gasteiger partial charge in [0.15, 0.2) is 0 Å². The molecule has 0 aliphatic heterocycles. The van der Waals surface area contributed by atoms with Crippen LogP contribution in [0.25, 0.3) is 0 Å². The number of nitrogens with zero attached hydrogens (tertiary/aromatic N) is 2. The molecule has 0 bridgehead atoms. The molecule has 0 aliphatic rings. The third-order valence-corrected chi connectivity index (χ3v) is 3.37. The number of aryl methyl sites for hydroxylation is 1. The highest BCUT2D eigenvalue weighted by Gasteiger charge is 2.16. The van der Waals surface area contributed by atoms with Crippen molar-refractivity contribution in [3.8, 4) is 0 Å². The number of benzene rings is 1. The van der Waals surface area contributed by atoms with E-state index in [2.05, 4.69) is 37.9 Å². The molecule has 0 aliphatic carbocycles. The second-order valence-corrected chi connectivity index (χ2v) is 5.21. The molecule has 2 rings (SSSR count). The minimum Gasteiger partial charge on any atom is -0.382 e. The molecule has 0 saturated heterocycles. The van der Waals surface area contributed by atoms with E-state index in [-0.39, 0.29) is 0 Å². The lowest BCUT2D eigenvalue weighted by molar-refractivity contribution is 0.208. The molecule has 1 heterocycles. The van der Waals surface area contributed by atoms with Crippen molar-refractivity contribution in [1.29, 1.82) is 0 Å². The van der Waals surface area contributed by atoms with Crippen molar-refractivity contribution in [3.63, 3.8) is 0 Å². The van der Waals surface area contributed by atoms with E-state index in [0.717, 1.165) is 24.1 Å². The lowest BCUT2D eigenvalue weighted by atomic mass is 10.0. The van der Waals surface area contributed by atoms with E-state index in [1.165, 1.54) is 5.56 Å². The molecule has 1 aromatic carbocycles. The minimum absolute atomic E-state index is 0.298. The quantitative estimate of drug-likeness (QED) is 0.891. The maximum Gasteiger partial charge on any atom is 0.121 e. The Balaban J connectivity index is 2.23. The Morgan fingerprint density at radius 1 is 1.21 bits per heavy atom. The zero-order chi connectivity index (χ0) is 13.8. The van der Waals surface area contributed by atoms with Crippen molar-refractivity contribution < 1.29 is 5.11 Å². The summed E-state index contributed by atoms with van der Waals surface area (Å²) in [6.45, 7) is 6.34. The average molecular weight is 258 g/mol. The molecule has 0 radical (unpaired) electrons. The summed E-state index contributed by atoms with van der Waals surface area (Å²) in [7, 11) is 0. The van der Waals surface area contributed by atoms with Crippen LogP contribution in [-0.4, -0.2) is 14.7 Å². The summed E-state index contributed by atoms with van der Waals surface area (Å²) in [5.41, 5.74) is 3.08. The largest absolute Gasteiger partial charge is 0.382 e. The predicted octanol–water partition coefficient (Wildman–Crippen LogP) is 3.50. The summed E-state index contributed by atoms with van der Waals surface area (Å²) in [5, 5.41) is 10.5. The first-order valence-electron chi connectivity index (χ1n) is 6.92. The van der Waals surface area contributed by atoms with Crippen LogP contribution >= 0.6 is 0 Å². The van der Waals surface area contributed by atoms with Gasteiger partial charge >= 0.3 is 0 Å². The number of hydrogen-bond acceptors (Lipinski definition) is 2. The Morgan fingerprint density at radius 3 is 2.47 bits per heavy atom. The van der Waals surface area contributed by atoms with Crippen LogP contribution in [0, 0.1) is 0 Å². The van der Waals surface area contributed by atoms with E-state index in [1.807, 2.05) is 16.7 Å². The van der Waals surface area contributed by atoms with E-state index >= 15 is 0 Å². The highest BCUT2D eigenvalue weighted by molar-refractivity contribution is 5.29. The van der Waals surface area contributed by atoms with Gasteiger partial charge in [-0.05, 0) is 31.4 Å². The highest BCUT2D eigenvalue weighted by Crippen LogP contribution is 2.24. The van der Waals surface area contributed by atoms with Crippen LogP contribution in [0.4, 0.5) is 0 Å². The number of imidazole rings is 1. The Labute approximate surface area is 114 Å². The summed E-state index contributed by atoms with van der Waals surface area (Å²) in [4.78, 5) is 4.14. The van der Waals surface area contributed by atoms with Gasteiger partial charge in [0.25, 0.3) is 0 Å². The molecule has 0 fully saturated rings. The summed E-state index contributed by atoms with van der Waals surface area (Å²) in [6, 6.07) is 8.50. The topological polar surface area (TPSA) is 38.1 Å². The smallest absolute Gasteiger partial charge is 0.121 e. The van der Waals surface area contributed by atoms with Crippen molar-refractivity contribution in [2.24, 2.45) is 0 Å². The standard InChI is InChI=1S/C16H22N2O/c1-4-5-13-6-8-14(9-7-13)16(19)15-10-17-11-18(15)12(2)3/h6-12,16,19H,4-5H2,1-3H3. The summed E-state index contributed by atoms with van der Waals surface area (Å²) in [5.74, 6) is 0.